The molecule has 0 aliphatic rings. The summed E-state index contributed by atoms with van der Waals surface area (Å²) in [5.74, 6) is 0.658. The van der Waals surface area contributed by atoms with Gasteiger partial charge < -0.3 is 20.3 Å². The molecule has 0 aromatic heterocycles. The molecule has 3 N–H and O–H groups in total. The normalized spacial score (nSPS) is 13.5. The van der Waals surface area contributed by atoms with Crippen LogP contribution in [0.3, 0.4) is 0 Å². The number of ether oxygens (including phenoxy) is 2. The first-order chi connectivity index (χ1) is 10.6. The van der Waals surface area contributed by atoms with Crippen molar-refractivity contribution in [1.29, 1.82) is 0 Å². The van der Waals surface area contributed by atoms with Gasteiger partial charge in [0, 0.05) is 12.1 Å². The second kappa shape index (κ2) is 9.30. The second-order valence-electron chi connectivity index (χ2n) is 5.46. The molecule has 0 aliphatic carbocycles. The van der Waals surface area contributed by atoms with Gasteiger partial charge in [0.25, 0.3) is 0 Å². The maximum absolute atomic E-state index is 11.1. The minimum Gasteiger partial charge on any atom is -0.496 e. The zero-order valence-electron chi connectivity index (χ0n) is 13.7. The van der Waals surface area contributed by atoms with Crippen LogP contribution in [-0.2, 0) is 11.2 Å². The molecule has 1 aromatic rings. The summed E-state index contributed by atoms with van der Waals surface area (Å²) in [6.45, 7) is 2.27. The van der Waals surface area contributed by atoms with E-state index < -0.39 is 11.9 Å². The van der Waals surface area contributed by atoms with E-state index in [1.54, 1.807) is 14.2 Å². The highest BCUT2D eigenvalue weighted by molar-refractivity contribution is 5.70. The summed E-state index contributed by atoms with van der Waals surface area (Å²) in [5, 5.41) is 9.15. The first-order valence-corrected chi connectivity index (χ1v) is 7.70. The van der Waals surface area contributed by atoms with Gasteiger partial charge in [0.15, 0.2) is 0 Å². The number of hydrogen-bond donors (Lipinski definition) is 2. The Hall–Kier alpha value is -1.75. The Bertz CT molecular complexity index is 453. The monoisotopic (exact) mass is 309 g/mol. The molecule has 5 nitrogen and oxygen atoms in total. The SMILES string of the molecule is CCC(CCc1c(OC)cccc1OC)CC(CN)C(=O)O. The zero-order chi connectivity index (χ0) is 16.5. The average molecular weight is 309 g/mol. The van der Waals surface area contributed by atoms with Crippen molar-refractivity contribution in [3.63, 3.8) is 0 Å². The van der Waals surface area contributed by atoms with Crippen LogP contribution >= 0.6 is 0 Å². The molecule has 0 spiro atoms. The predicted molar refractivity (Wildman–Crippen MR) is 86.4 cm³/mol. The van der Waals surface area contributed by atoms with Gasteiger partial charge in [-0.25, -0.2) is 0 Å². The van der Waals surface area contributed by atoms with Crippen LogP contribution in [0.4, 0.5) is 0 Å². The molecule has 0 heterocycles. The van der Waals surface area contributed by atoms with Crippen LogP contribution in [0.1, 0.15) is 31.7 Å². The zero-order valence-corrected chi connectivity index (χ0v) is 13.7. The van der Waals surface area contributed by atoms with Crippen LogP contribution in [0.5, 0.6) is 11.5 Å². The molecular formula is C17H27NO4. The predicted octanol–water partition coefficient (Wildman–Crippen LogP) is 2.71. The molecule has 2 unspecified atom stereocenters. The fourth-order valence-electron chi connectivity index (χ4n) is 2.71. The lowest BCUT2D eigenvalue weighted by molar-refractivity contribution is -0.142. The number of methoxy groups -OCH3 is 2. The lowest BCUT2D eigenvalue weighted by atomic mass is 9.87. The summed E-state index contributed by atoms with van der Waals surface area (Å²) in [6.07, 6.45) is 3.22. The molecule has 0 bridgehead atoms. The van der Waals surface area contributed by atoms with Crippen LogP contribution in [-0.4, -0.2) is 31.8 Å². The maximum Gasteiger partial charge on any atom is 0.307 e. The van der Waals surface area contributed by atoms with Gasteiger partial charge in [0.05, 0.1) is 20.1 Å². The van der Waals surface area contributed by atoms with E-state index in [1.165, 1.54) is 0 Å². The van der Waals surface area contributed by atoms with Crippen LogP contribution in [0.2, 0.25) is 0 Å². The fraction of sp³-hybridized carbons (Fsp3) is 0.588. The van der Waals surface area contributed by atoms with Gasteiger partial charge in [-0.2, -0.15) is 0 Å². The van der Waals surface area contributed by atoms with E-state index in [9.17, 15) is 4.79 Å². The Kier molecular flexibility index (Phi) is 7.74. The van der Waals surface area contributed by atoms with E-state index in [0.717, 1.165) is 36.3 Å². The third kappa shape index (κ3) is 4.91. The Morgan fingerprint density at radius 2 is 1.86 bits per heavy atom. The second-order valence-corrected chi connectivity index (χ2v) is 5.46. The number of benzene rings is 1. The number of rotatable bonds is 10. The van der Waals surface area contributed by atoms with Crippen molar-refractivity contribution in [2.24, 2.45) is 17.6 Å². The van der Waals surface area contributed by atoms with Crippen LogP contribution < -0.4 is 15.2 Å². The molecule has 0 saturated heterocycles. The number of carbonyl (C=O) groups is 1. The Labute approximate surface area is 132 Å². The summed E-state index contributed by atoms with van der Waals surface area (Å²) in [5.41, 5.74) is 6.59. The lowest BCUT2D eigenvalue weighted by Gasteiger charge is -2.20. The van der Waals surface area contributed by atoms with Crippen molar-refractivity contribution in [3.05, 3.63) is 23.8 Å². The number of aliphatic carboxylic acids is 1. The highest BCUT2D eigenvalue weighted by Crippen LogP contribution is 2.31. The molecule has 124 valence electrons. The van der Waals surface area contributed by atoms with Crippen LogP contribution in [0, 0.1) is 11.8 Å². The number of carboxylic acids is 1. The number of hydrogen-bond acceptors (Lipinski definition) is 4. The highest BCUT2D eigenvalue weighted by Gasteiger charge is 2.21. The van der Waals surface area contributed by atoms with E-state index >= 15 is 0 Å². The van der Waals surface area contributed by atoms with E-state index in [-0.39, 0.29) is 6.54 Å². The number of carboxylic acid groups (broad SMARTS) is 1. The van der Waals surface area contributed by atoms with Gasteiger partial charge in [-0.1, -0.05) is 19.4 Å². The quantitative estimate of drug-likeness (QED) is 0.694. The number of nitrogens with two attached hydrogens (primary N) is 1. The Balaban J connectivity index is 2.76. The van der Waals surface area contributed by atoms with Crippen LogP contribution in [0.15, 0.2) is 18.2 Å². The summed E-state index contributed by atoms with van der Waals surface area (Å²) < 4.78 is 10.8. The Morgan fingerprint density at radius 1 is 1.27 bits per heavy atom. The molecule has 22 heavy (non-hydrogen) atoms. The first-order valence-electron chi connectivity index (χ1n) is 7.70. The van der Waals surface area contributed by atoms with Gasteiger partial charge in [0.1, 0.15) is 11.5 Å². The molecule has 0 radical (unpaired) electrons. The van der Waals surface area contributed by atoms with Crippen molar-refractivity contribution in [2.45, 2.75) is 32.6 Å². The van der Waals surface area contributed by atoms with Crippen molar-refractivity contribution in [1.82, 2.24) is 0 Å². The minimum absolute atomic E-state index is 0.184. The van der Waals surface area contributed by atoms with E-state index in [0.29, 0.717) is 12.3 Å². The summed E-state index contributed by atoms with van der Waals surface area (Å²) in [4.78, 5) is 11.1. The van der Waals surface area contributed by atoms with E-state index in [2.05, 4.69) is 6.92 Å². The molecule has 1 rings (SSSR count). The first kappa shape index (κ1) is 18.3. The van der Waals surface area contributed by atoms with Crippen molar-refractivity contribution in [3.8, 4) is 11.5 Å². The van der Waals surface area contributed by atoms with Gasteiger partial charge in [-0.05, 0) is 37.3 Å². The third-order valence-electron chi connectivity index (χ3n) is 4.16. The maximum atomic E-state index is 11.1. The summed E-state index contributed by atoms with van der Waals surface area (Å²) >= 11 is 0. The van der Waals surface area contributed by atoms with Gasteiger partial charge in [-0.15, -0.1) is 0 Å². The molecule has 0 amide bonds. The largest absolute Gasteiger partial charge is 0.496 e. The lowest BCUT2D eigenvalue weighted by Crippen LogP contribution is -2.26. The van der Waals surface area contributed by atoms with Gasteiger partial charge >= 0.3 is 5.97 Å². The van der Waals surface area contributed by atoms with Gasteiger partial charge in [-0.3, -0.25) is 4.79 Å². The van der Waals surface area contributed by atoms with Crippen molar-refractivity contribution in [2.75, 3.05) is 20.8 Å². The fourth-order valence-corrected chi connectivity index (χ4v) is 2.71. The molecular weight excluding hydrogens is 282 g/mol. The van der Waals surface area contributed by atoms with Crippen molar-refractivity contribution < 1.29 is 19.4 Å². The van der Waals surface area contributed by atoms with Crippen molar-refractivity contribution >= 4 is 5.97 Å². The molecule has 5 heteroatoms. The average Bonchev–Trinajstić information content (AvgIpc) is 2.54. The molecule has 1 aromatic carbocycles. The molecule has 2 atom stereocenters. The molecule has 0 fully saturated rings. The molecule has 0 saturated carbocycles. The third-order valence-corrected chi connectivity index (χ3v) is 4.16. The summed E-state index contributed by atoms with van der Waals surface area (Å²) in [6, 6.07) is 5.73. The van der Waals surface area contributed by atoms with E-state index in [4.69, 9.17) is 20.3 Å². The van der Waals surface area contributed by atoms with Crippen LogP contribution in [0.25, 0.3) is 0 Å². The smallest absolute Gasteiger partial charge is 0.307 e. The Morgan fingerprint density at radius 3 is 2.27 bits per heavy atom. The molecule has 0 aliphatic heterocycles. The van der Waals surface area contributed by atoms with E-state index in [1.807, 2.05) is 18.2 Å². The van der Waals surface area contributed by atoms with Gasteiger partial charge in [0.2, 0.25) is 0 Å². The highest BCUT2D eigenvalue weighted by atomic mass is 16.5. The minimum atomic E-state index is -0.809. The standard InChI is InChI=1S/C17H27NO4/c1-4-12(10-13(11-18)17(19)20)8-9-14-15(21-2)6-5-7-16(14)22-3/h5-7,12-13H,4,8-11,18H2,1-3H3,(H,19,20). The summed E-state index contributed by atoms with van der Waals surface area (Å²) in [7, 11) is 3.29. The topological polar surface area (TPSA) is 81.8 Å².